The summed E-state index contributed by atoms with van der Waals surface area (Å²) in [7, 11) is -4.27. The van der Waals surface area contributed by atoms with Gasteiger partial charge in [-0.05, 0) is 36.7 Å². The van der Waals surface area contributed by atoms with E-state index in [2.05, 4.69) is 10.6 Å². The zero-order valence-electron chi connectivity index (χ0n) is 14.7. The molecule has 1 amide bonds. The molecule has 150 valence electrons. The van der Waals surface area contributed by atoms with E-state index in [1.165, 1.54) is 30.3 Å². The number of nitrogens with two attached hydrogens (primary N) is 1. The summed E-state index contributed by atoms with van der Waals surface area (Å²) >= 11 is 0. The number of rotatable bonds is 5. The number of carbonyl (C=O) groups excluding carboxylic acids is 1. The maximum atomic E-state index is 12.4. The number of piperidine rings is 1. The Morgan fingerprint density at radius 1 is 1.21 bits per heavy atom. The standard InChI is InChI=1S/C17H20N4O6S/c18-28(26,27)21-8-6-12(15(21)17(24)25)10-1-3-11(4-2-10)16(23)20-13-5-7-19-9-14(13)22/h1-4,6,8,13-14,19,22H,5,7,9H2,(H,20,23)(H,24,25)(H2,18,26,27). The summed E-state index contributed by atoms with van der Waals surface area (Å²) in [6.07, 6.45) is 0.995. The molecule has 11 heteroatoms. The van der Waals surface area contributed by atoms with E-state index < -0.39 is 28.0 Å². The summed E-state index contributed by atoms with van der Waals surface area (Å²) < 4.78 is 23.6. The number of carboxylic acid groups (broad SMARTS) is 1. The average Bonchev–Trinajstić information content (AvgIpc) is 3.09. The molecule has 0 saturated carbocycles. The number of aromatic nitrogens is 1. The summed E-state index contributed by atoms with van der Waals surface area (Å²) in [5.41, 5.74) is 0.412. The second kappa shape index (κ2) is 7.72. The lowest BCUT2D eigenvalue weighted by molar-refractivity contribution is 0.0689. The van der Waals surface area contributed by atoms with Crippen LogP contribution in [0.15, 0.2) is 36.5 Å². The van der Waals surface area contributed by atoms with E-state index in [0.717, 1.165) is 6.20 Å². The van der Waals surface area contributed by atoms with Crippen LogP contribution in [-0.2, 0) is 10.2 Å². The Balaban J connectivity index is 1.84. The van der Waals surface area contributed by atoms with E-state index in [1.54, 1.807) is 0 Å². The van der Waals surface area contributed by atoms with Crippen LogP contribution in [0, 0.1) is 0 Å². The van der Waals surface area contributed by atoms with Crippen molar-refractivity contribution >= 4 is 22.1 Å². The predicted octanol–water partition coefficient (Wildman–Crippen LogP) is -0.642. The summed E-state index contributed by atoms with van der Waals surface area (Å²) in [6, 6.07) is 7.01. The second-order valence-corrected chi connectivity index (χ2v) is 7.86. The monoisotopic (exact) mass is 408 g/mol. The normalized spacial score (nSPS) is 19.9. The molecule has 1 aromatic carbocycles. The fourth-order valence-electron chi connectivity index (χ4n) is 3.13. The molecule has 1 fully saturated rings. The fraction of sp³-hybridized carbons (Fsp3) is 0.294. The van der Waals surface area contributed by atoms with Crippen LogP contribution in [0.4, 0.5) is 0 Å². The molecule has 6 N–H and O–H groups in total. The highest BCUT2D eigenvalue weighted by Gasteiger charge is 2.25. The Bertz CT molecular complexity index is 999. The second-order valence-electron chi connectivity index (χ2n) is 6.44. The van der Waals surface area contributed by atoms with E-state index in [-0.39, 0.29) is 17.5 Å². The van der Waals surface area contributed by atoms with Gasteiger partial charge in [-0.2, -0.15) is 8.42 Å². The molecule has 3 rings (SSSR count). The zero-order chi connectivity index (χ0) is 20.5. The lowest BCUT2D eigenvalue weighted by Crippen LogP contribution is -2.52. The molecule has 0 spiro atoms. The lowest BCUT2D eigenvalue weighted by Gasteiger charge is -2.29. The minimum atomic E-state index is -4.27. The van der Waals surface area contributed by atoms with E-state index in [9.17, 15) is 28.2 Å². The maximum Gasteiger partial charge on any atom is 0.354 e. The largest absolute Gasteiger partial charge is 0.477 e. The molecule has 2 atom stereocenters. The molecule has 1 aliphatic rings. The number of hydrogen-bond acceptors (Lipinski definition) is 6. The first-order valence-electron chi connectivity index (χ1n) is 8.46. The molecule has 1 aromatic heterocycles. The van der Waals surface area contributed by atoms with Gasteiger partial charge >= 0.3 is 16.2 Å². The van der Waals surface area contributed by atoms with Crippen molar-refractivity contribution in [1.82, 2.24) is 14.6 Å². The van der Waals surface area contributed by atoms with Crippen LogP contribution >= 0.6 is 0 Å². The number of aliphatic hydroxyl groups excluding tert-OH is 1. The molecular weight excluding hydrogens is 388 g/mol. The van der Waals surface area contributed by atoms with Gasteiger partial charge in [0.25, 0.3) is 5.91 Å². The van der Waals surface area contributed by atoms with Crippen LogP contribution < -0.4 is 15.8 Å². The van der Waals surface area contributed by atoms with E-state index >= 15 is 0 Å². The molecule has 0 bridgehead atoms. The van der Waals surface area contributed by atoms with Crippen LogP contribution in [0.1, 0.15) is 27.3 Å². The minimum absolute atomic E-state index is 0.155. The lowest BCUT2D eigenvalue weighted by atomic mass is 10.0. The van der Waals surface area contributed by atoms with E-state index in [0.29, 0.717) is 34.6 Å². The van der Waals surface area contributed by atoms with Crippen LogP contribution in [0.2, 0.25) is 0 Å². The molecule has 1 saturated heterocycles. The third-order valence-corrected chi connectivity index (χ3v) is 5.41. The average molecular weight is 408 g/mol. The molecule has 1 aliphatic heterocycles. The maximum absolute atomic E-state index is 12.4. The first kappa shape index (κ1) is 20.0. The van der Waals surface area contributed by atoms with Crippen molar-refractivity contribution in [3.63, 3.8) is 0 Å². The Morgan fingerprint density at radius 3 is 2.46 bits per heavy atom. The summed E-state index contributed by atoms with van der Waals surface area (Å²) in [5, 5.41) is 30.1. The van der Waals surface area contributed by atoms with Crippen molar-refractivity contribution < 1.29 is 28.2 Å². The van der Waals surface area contributed by atoms with Gasteiger partial charge in [-0.3, -0.25) is 4.79 Å². The SMILES string of the molecule is NS(=O)(=O)n1ccc(-c2ccc(C(=O)NC3CCNCC3O)cc2)c1C(=O)O. The Kier molecular flexibility index (Phi) is 5.52. The number of carbonyl (C=O) groups is 2. The van der Waals surface area contributed by atoms with Gasteiger partial charge in [-0.15, -0.1) is 0 Å². The quantitative estimate of drug-likeness (QED) is 0.439. The molecule has 2 unspecified atom stereocenters. The predicted molar refractivity (Wildman–Crippen MR) is 100 cm³/mol. The highest BCUT2D eigenvalue weighted by atomic mass is 32.2. The summed E-state index contributed by atoms with van der Waals surface area (Å²) in [4.78, 5) is 23.9. The van der Waals surface area contributed by atoms with Crippen molar-refractivity contribution in [2.24, 2.45) is 5.14 Å². The molecule has 2 heterocycles. The van der Waals surface area contributed by atoms with Crippen molar-refractivity contribution in [2.75, 3.05) is 13.1 Å². The minimum Gasteiger partial charge on any atom is -0.477 e. The molecule has 0 aliphatic carbocycles. The third kappa shape index (κ3) is 4.07. The van der Waals surface area contributed by atoms with Crippen molar-refractivity contribution in [3.05, 3.63) is 47.8 Å². The number of aliphatic hydroxyl groups is 1. The number of benzene rings is 1. The number of nitrogens with zero attached hydrogens (tertiary/aromatic N) is 1. The number of aromatic carboxylic acids is 1. The third-order valence-electron chi connectivity index (χ3n) is 4.55. The van der Waals surface area contributed by atoms with Gasteiger partial charge in [0, 0.05) is 23.9 Å². The van der Waals surface area contributed by atoms with Crippen LogP contribution in [-0.4, -0.2) is 59.7 Å². The van der Waals surface area contributed by atoms with Gasteiger partial charge in [-0.1, -0.05) is 12.1 Å². The van der Waals surface area contributed by atoms with Crippen molar-refractivity contribution in [1.29, 1.82) is 0 Å². The van der Waals surface area contributed by atoms with E-state index in [1.807, 2.05) is 0 Å². The molecule has 0 radical (unpaired) electrons. The zero-order valence-corrected chi connectivity index (χ0v) is 15.5. The fourth-order valence-corrected chi connectivity index (χ4v) is 3.79. The van der Waals surface area contributed by atoms with Gasteiger partial charge in [0.1, 0.15) is 0 Å². The first-order chi connectivity index (χ1) is 13.2. The van der Waals surface area contributed by atoms with Crippen LogP contribution in [0.5, 0.6) is 0 Å². The number of β-amino-alcohol motifs (C(OH)–C–C–N with tert-alkyl or cyclic N) is 1. The molecule has 2 aromatic rings. The Morgan fingerprint density at radius 2 is 1.89 bits per heavy atom. The van der Waals surface area contributed by atoms with Gasteiger partial charge in [0.2, 0.25) is 0 Å². The molecule has 28 heavy (non-hydrogen) atoms. The topological polar surface area (TPSA) is 164 Å². The summed E-state index contributed by atoms with van der Waals surface area (Å²) in [6.45, 7) is 1.10. The van der Waals surface area contributed by atoms with Gasteiger partial charge < -0.3 is 20.8 Å². The van der Waals surface area contributed by atoms with Crippen LogP contribution in [0.3, 0.4) is 0 Å². The molecule has 10 nitrogen and oxygen atoms in total. The number of carboxylic acids is 1. The first-order valence-corrected chi connectivity index (χ1v) is 9.97. The smallest absolute Gasteiger partial charge is 0.354 e. The van der Waals surface area contributed by atoms with Crippen molar-refractivity contribution in [2.45, 2.75) is 18.6 Å². The van der Waals surface area contributed by atoms with Crippen LogP contribution in [0.25, 0.3) is 11.1 Å². The van der Waals surface area contributed by atoms with Crippen molar-refractivity contribution in [3.8, 4) is 11.1 Å². The van der Waals surface area contributed by atoms with Gasteiger partial charge in [0.05, 0.1) is 12.1 Å². The number of hydrogen-bond donors (Lipinski definition) is 5. The van der Waals surface area contributed by atoms with E-state index in [4.69, 9.17) is 5.14 Å². The number of nitrogens with one attached hydrogen (secondary N) is 2. The highest BCUT2D eigenvalue weighted by molar-refractivity contribution is 7.87. The highest BCUT2D eigenvalue weighted by Crippen LogP contribution is 2.26. The number of amides is 1. The van der Waals surface area contributed by atoms with Gasteiger partial charge in [-0.25, -0.2) is 13.9 Å². The Labute approximate surface area is 161 Å². The summed E-state index contributed by atoms with van der Waals surface area (Å²) in [5.74, 6) is -1.81. The Hall–Kier alpha value is -2.73. The van der Waals surface area contributed by atoms with Gasteiger partial charge in [0.15, 0.2) is 5.69 Å². The molecular formula is C17H20N4O6S.